The van der Waals surface area contributed by atoms with Crippen molar-refractivity contribution >= 4 is 21.9 Å². The van der Waals surface area contributed by atoms with E-state index in [0.29, 0.717) is 0 Å². The second-order valence-electron chi connectivity index (χ2n) is 2.01. The van der Waals surface area contributed by atoms with Gasteiger partial charge in [0.1, 0.15) is 0 Å². The molecule has 0 aliphatic rings. The van der Waals surface area contributed by atoms with E-state index >= 15 is 0 Å². The SMILES string of the molecule is O=C(O)c1[nH]c(=O)cc(Br)c1O. The molecular formula is C6H4BrNO4. The van der Waals surface area contributed by atoms with Crippen LogP contribution in [0.2, 0.25) is 0 Å². The van der Waals surface area contributed by atoms with Crippen molar-refractivity contribution in [2.45, 2.75) is 0 Å². The van der Waals surface area contributed by atoms with Gasteiger partial charge in [0.05, 0.1) is 4.47 Å². The van der Waals surface area contributed by atoms with Gasteiger partial charge in [-0.05, 0) is 15.9 Å². The molecular weight excluding hydrogens is 230 g/mol. The number of aromatic amines is 1. The zero-order valence-electron chi connectivity index (χ0n) is 5.67. The molecule has 0 radical (unpaired) electrons. The largest absolute Gasteiger partial charge is 0.504 e. The summed E-state index contributed by atoms with van der Waals surface area (Å²) in [5, 5.41) is 17.6. The first-order valence-electron chi connectivity index (χ1n) is 2.87. The number of carboxylic acids is 1. The zero-order chi connectivity index (χ0) is 9.30. The summed E-state index contributed by atoms with van der Waals surface area (Å²) in [6.45, 7) is 0. The number of H-pyrrole nitrogens is 1. The Bertz CT molecular complexity index is 384. The number of pyridine rings is 1. The van der Waals surface area contributed by atoms with Crippen LogP contribution >= 0.6 is 15.9 Å². The Hall–Kier alpha value is -1.30. The van der Waals surface area contributed by atoms with Crippen molar-refractivity contribution in [1.29, 1.82) is 0 Å². The van der Waals surface area contributed by atoms with E-state index in [9.17, 15) is 9.59 Å². The van der Waals surface area contributed by atoms with E-state index in [0.717, 1.165) is 6.07 Å². The van der Waals surface area contributed by atoms with Crippen LogP contribution in [0.25, 0.3) is 0 Å². The fourth-order valence-electron chi connectivity index (χ4n) is 0.676. The number of hydrogen-bond donors (Lipinski definition) is 3. The summed E-state index contributed by atoms with van der Waals surface area (Å²) in [6.07, 6.45) is 0. The number of aromatic carboxylic acids is 1. The number of carbonyl (C=O) groups is 1. The molecule has 0 bridgehead atoms. The van der Waals surface area contributed by atoms with Crippen LogP contribution < -0.4 is 5.56 Å². The maximum Gasteiger partial charge on any atom is 0.356 e. The molecule has 1 aromatic rings. The van der Waals surface area contributed by atoms with Gasteiger partial charge < -0.3 is 15.2 Å². The third kappa shape index (κ3) is 1.48. The number of aromatic nitrogens is 1. The highest BCUT2D eigenvalue weighted by molar-refractivity contribution is 9.10. The number of aromatic hydroxyl groups is 1. The Labute approximate surface area is 74.8 Å². The average Bonchev–Trinajstić information content (AvgIpc) is 1.96. The van der Waals surface area contributed by atoms with Gasteiger partial charge in [0.15, 0.2) is 11.4 Å². The monoisotopic (exact) mass is 233 g/mol. The third-order valence-corrected chi connectivity index (χ3v) is 1.79. The topological polar surface area (TPSA) is 90.4 Å². The molecule has 0 aliphatic heterocycles. The van der Waals surface area contributed by atoms with E-state index in [1.165, 1.54) is 0 Å². The van der Waals surface area contributed by atoms with E-state index in [4.69, 9.17) is 10.2 Å². The van der Waals surface area contributed by atoms with E-state index in [-0.39, 0.29) is 4.47 Å². The lowest BCUT2D eigenvalue weighted by molar-refractivity contribution is 0.0686. The lowest BCUT2D eigenvalue weighted by Gasteiger charge is -1.99. The first kappa shape index (κ1) is 8.79. The maximum atomic E-state index is 10.7. The predicted octanol–water partition coefficient (Wildman–Crippen LogP) is 0.541. The molecule has 0 unspecified atom stereocenters. The smallest absolute Gasteiger partial charge is 0.356 e. The van der Waals surface area contributed by atoms with Crippen LogP contribution in [-0.4, -0.2) is 21.2 Å². The van der Waals surface area contributed by atoms with Crippen molar-refractivity contribution in [1.82, 2.24) is 4.98 Å². The van der Waals surface area contributed by atoms with Crippen molar-refractivity contribution in [3.63, 3.8) is 0 Å². The second-order valence-corrected chi connectivity index (χ2v) is 2.86. The first-order valence-corrected chi connectivity index (χ1v) is 3.66. The van der Waals surface area contributed by atoms with Gasteiger partial charge in [0.2, 0.25) is 5.56 Å². The van der Waals surface area contributed by atoms with Gasteiger partial charge in [-0.1, -0.05) is 0 Å². The molecule has 0 aromatic carbocycles. The average molecular weight is 234 g/mol. The van der Waals surface area contributed by atoms with Crippen molar-refractivity contribution in [3.05, 3.63) is 26.6 Å². The molecule has 0 amide bonds. The molecule has 0 atom stereocenters. The molecule has 5 nitrogen and oxygen atoms in total. The number of carboxylic acid groups (broad SMARTS) is 1. The molecule has 0 saturated carbocycles. The van der Waals surface area contributed by atoms with E-state index in [1.54, 1.807) is 0 Å². The van der Waals surface area contributed by atoms with Gasteiger partial charge in [-0.15, -0.1) is 0 Å². The van der Waals surface area contributed by atoms with Crippen LogP contribution in [0.15, 0.2) is 15.3 Å². The Kier molecular flexibility index (Phi) is 2.18. The lowest BCUT2D eigenvalue weighted by atomic mass is 10.3. The highest BCUT2D eigenvalue weighted by Gasteiger charge is 2.13. The lowest BCUT2D eigenvalue weighted by Crippen LogP contribution is -2.11. The third-order valence-electron chi connectivity index (χ3n) is 1.18. The molecule has 0 aliphatic carbocycles. The number of halogens is 1. The van der Waals surface area contributed by atoms with Crippen molar-refractivity contribution in [2.24, 2.45) is 0 Å². The van der Waals surface area contributed by atoms with Crippen molar-refractivity contribution in [2.75, 3.05) is 0 Å². The molecule has 64 valence electrons. The number of nitrogens with one attached hydrogen (secondary N) is 1. The van der Waals surface area contributed by atoms with Crippen molar-refractivity contribution < 1.29 is 15.0 Å². The fourth-order valence-corrected chi connectivity index (χ4v) is 1.08. The first-order chi connectivity index (χ1) is 5.52. The number of rotatable bonds is 1. The van der Waals surface area contributed by atoms with Gasteiger partial charge in [-0.3, -0.25) is 4.79 Å². The Morgan fingerprint density at radius 2 is 2.17 bits per heavy atom. The standard InChI is InChI=1S/C6H4BrNO4/c7-2-1-3(9)8-4(5(2)10)6(11)12/h1,10H,(H,8,9)(H,11,12). The summed E-state index contributed by atoms with van der Waals surface area (Å²) in [4.78, 5) is 23.1. The van der Waals surface area contributed by atoms with Gasteiger partial charge in [0.25, 0.3) is 0 Å². The fraction of sp³-hybridized carbons (Fsp3) is 0. The van der Waals surface area contributed by atoms with Gasteiger partial charge >= 0.3 is 5.97 Å². The van der Waals surface area contributed by atoms with Crippen LogP contribution in [0.5, 0.6) is 5.75 Å². The van der Waals surface area contributed by atoms with Crippen molar-refractivity contribution in [3.8, 4) is 5.75 Å². The molecule has 12 heavy (non-hydrogen) atoms. The minimum Gasteiger partial charge on any atom is -0.504 e. The summed E-state index contributed by atoms with van der Waals surface area (Å²) in [6, 6.07) is 1.04. The van der Waals surface area contributed by atoms with Crippen LogP contribution in [0.3, 0.4) is 0 Å². The second kappa shape index (κ2) is 2.98. The normalized spacial score (nSPS) is 9.75. The van der Waals surface area contributed by atoms with Crippen LogP contribution in [0.1, 0.15) is 10.5 Å². The molecule has 0 fully saturated rings. The Morgan fingerprint density at radius 1 is 1.58 bits per heavy atom. The van der Waals surface area contributed by atoms with E-state index < -0.39 is 23.0 Å². The molecule has 0 saturated heterocycles. The maximum absolute atomic E-state index is 10.7. The quantitative estimate of drug-likeness (QED) is 0.661. The highest BCUT2D eigenvalue weighted by Crippen LogP contribution is 2.23. The summed E-state index contributed by atoms with van der Waals surface area (Å²) in [5.41, 5.74) is -1.11. The highest BCUT2D eigenvalue weighted by atomic mass is 79.9. The Morgan fingerprint density at radius 3 is 2.67 bits per heavy atom. The molecule has 1 rings (SSSR count). The summed E-state index contributed by atoms with van der Waals surface area (Å²) in [7, 11) is 0. The molecule has 6 heteroatoms. The minimum absolute atomic E-state index is 0.0589. The van der Waals surface area contributed by atoms with Crippen LogP contribution in [0, 0.1) is 0 Å². The molecule has 1 aromatic heterocycles. The van der Waals surface area contributed by atoms with E-state index in [1.807, 2.05) is 4.98 Å². The van der Waals surface area contributed by atoms with Gasteiger partial charge in [-0.2, -0.15) is 0 Å². The zero-order valence-corrected chi connectivity index (χ0v) is 7.25. The summed E-state index contributed by atoms with van der Waals surface area (Å²) in [5.74, 6) is -1.87. The van der Waals surface area contributed by atoms with Gasteiger partial charge in [-0.25, -0.2) is 4.79 Å². The van der Waals surface area contributed by atoms with Gasteiger partial charge in [0, 0.05) is 6.07 Å². The summed E-state index contributed by atoms with van der Waals surface area (Å²) < 4.78 is 0.0589. The minimum atomic E-state index is -1.38. The van der Waals surface area contributed by atoms with Crippen LogP contribution in [0.4, 0.5) is 0 Å². The molecule has 0 spiro atoms. The van der Waals surface area contributed by atoms with E-state index in [2.05, 4.69) is 15.9 Å². The molecule has 1 heterocycles. The number of hydrogen-bond acceptors (Lipinski definition) is 3. The predicted molar refractivity (Wildman–Crippen MR) is 43.4 cm³/mol. The summed E-state index contributed by atoms with van der Waals surface area (Å²) >= 11 is 2.83. The molecule has 3 N–H and O–H groups in total. The van der Waals surface area contributed by atoms with Crippen LogP contribution in [-0.2, 0) is 0 Å². The Balaban J connectivity index is 3.48.